The van der Waals surface area contributed by atoms with E-state index in [-0.39, 0.29) is 23.2 Å². The minimum Gasteiger partial charge on any atom is -0.383 e. The van der Waals surface area contributed by atoms with Crippen LogP contribution in [0.4, 0.5) is 11.5 Å². The van der Waals surface area contributed by atoms with Gasteiger partial charge in [-0.25, -0.2) is 4.79 Å². The van der Waals surface area contributed by atoms with Crippen molar-refractivity contribution >= 4 is 11.5 Å². The van der Waals surface area contributed by atoms with E-state index in [0.29, 0.717) is 13.2 Å². The zero-order valence-corrected chi connectivity index (χ0v) is 12.6. The van der Waals surface area contributed by atoms with Crippen LogP contribution in [0.5, 0.6) is 0 Å². The average molecular weight is 284 g/mol. The molecular weight excluding hydrogens is 260 g/mol. The summed E-state index contributed by atoms with van der Waals surface area (Å²) in [6.45, 7) is 4.88. The number of hydrogen-bond donors (Lipinski definition) is 2. The van der Waals surface area contributed by atoms with Crippen LogP contribution < -0.4 is 22.3 Å². The van der Waals surface area contributed by atoms with Crippen LogP contribution in [-0.2, 0) is 18.3 Å². The Balaban J connectivity index is 3.32. The van der Waals surface area contributed by atoms with Gasteiger partial charge in [-0.15, -0.1) is 0 Å². The fourth-order valence-electron chi connectivity index (χ4n) is 2.03. The molecule has 0 bridgehead atoms. The van der Waals surface area contributed by atoms with E-state index < -0.39 is 5.56 Å². The predicted molar refractivity (Wildman–Crippen MR) is 80.2 cm³/mol. The van der Waals surface area contributed by atoms with E-state index in [9.17, 15) is 9.59 Å². The fourth-order valence-corrected chi connectivity index (χ4v) is 2.03. The standard InChI is InChI=1S/C13H24N4O3/c1-5-7-17-11(14)10(12(18)16(3)13(17)19)15-9(6-2)8-20-4/h9,15H,5-8,14H2,1-4H3. The lowest BCUT2D eigenvalue weighted by molar-refractivity contribution is 0.184. The summed E-state index contributed by atoms with van der Waals surface area (Å²) in [7, 11) is 3.06. The summed E-state index contributed by atoms with van der Waals surface area (Å²) < 4.78 is 7.59. The Morgan fingerprint density at radius 2 is 2.00 bits per heavy atom. The molecule has 114 valence electrons. The van der Waals surface area contributed by atoms with Gasteiger partial charge in [-0.2, -0.15) is 0 Å². The highest BCUT2D eigenvalue weighted by Gasteiger charge is 2.17. The maximum atomic E-state index is 12.2. The predicted octanol–water partition coefficient (Wildman–Crippen LogP) is 0.376. The molecule has 0 spiro atoms. The third-order valence-electron chi connectivity index (χ3n) is 3.24. The Hall–Kier alpha value is -1.76. The van der Waals surface area contributed by atoms with Crippen molar-refractivity contribution in [2.45, 2.75) is 39.3 Å². The molecule has 0 aliphatic carbocycles. The lowest BCUT2D eigenvalue weighted by atomic mass is 10.2. The molecule has 7 heteroatoms. The van der Waals surface area contributed by atoms with Gasteiger partial charge in [0.15, 0.2) is 0 Å². The van der Waals surface area contributed by atoms with E-state index in [1.807, 2.05) is 13.8 Å². The van der Waals surface area contributed by atoms with Crippen molar-refractivity contribution in [3.8, 4) is 0 Å². The second-order valence-corrected chi connectivity index (χ2v) is 4.76. The van der Waals surface area contributed by atoms with Crippen molar-refractivity contribution in [1.82, 2.24) is 9.13 Å². The van der Waals surface area contributed by atoms with Gasteiger partial charge in [-0.3, -0.25) is 13.9 Å². The van der Waals surface area contributed by atoms with E-state index in [4.69, 9.17) is 10.5 Å². The summed E-state index contributed by atoms with van der Waals surface area (Å²) in [5.74, 6) is 0.189. The number of nitrogen functional groups attached to an aromatic ring is 1. The molecule has 0 fully saturated rings. The molecule has 0 saturated carbocycles. The SMILES string of the molecule is CCCn1c(N)c(NC(CC)COC)c(=O)n(C)c1=O. The van der Waals surface area contributed by atoms with Crippen molar-refractivity contribution in [3.63, 3.8) is 0 Å². The minimum absolute atomic E-state index is 0.0254. The maximum Gasteiger partial charge on any atom is 0.332 e. The fraction of sp³-hybridized carbons (Fsp3) is 0.692. The normalized spacial score (nSPS) is 12.4. The molecule has 20 heavy (non-hydrogen) atoms. The second-order valence-electron chi connectivity index (χ2n) is 4.76. The van der Waals surface area contributed by atoms with Crippen molar-refractivity contribution < 1.29 is 4.74 Å². The molecule has 0 radical (unpaired) electrons. The van der Waals surface area contributed by atoms with Gasteiger partial charge in [0.05, 0.1) is 6.61 Å². The zero-order valence-electron chi connectivity index (χ0n) is 12.6. The molecule has 0 amide bonds. The molecule has 0 aliphatic rings. The first-order valence-corrected chi connectivity index (χ1v) is 6.82. The third-order valence-corrected chi connectivity index (χ3v) is 3.24. The van der Waals surface area contributed by atoms with E-state index in [2.05, 4.69) is 5.32 Å². The van der Waals surface area contributed by atoms with Gasteiger partial charge in [0, 0.05) is 26.7 Å². The number of nitrogens with one attached hydrogen (secondary N) is 1. The van der Waals surface area contributed by atoms with E-state index in [1.54, 1.807) is 7.11 Å². The molecule has 1 aromatic heterocycles. The summed E-state index contributed by atoms with van der Waals surface area (Å²) in [5, 5.41) is 3.09. The molecule has 1 heterocycles. The Labute approximate surface area is 118 Å². The minimum atomic E-state index is -0.408. The lowest BCUT2D eigenvalue weighted by Gasteiger charge is -2.20. The van der Waals surface area contributed by atoms with Crippen LogP contribution in [0.3, 0.4) is 0 Å². The molecule has 0 aliphatic heterocycles. The van der Waals surface area contributed by atoms with Crippen molar-refractivity contribution in [3.05, 3.63) is 20.8 Å². The zero-order chi connectivity index (χ0) is 15.3. The van der Waals surface area contributed by atoms with Crippen LogP contribution in [0, 0.1) is 0 Å². The topological polar surface area (TPSA) is 91.3 Å². The number of aromatic nitrogens is 2. The molecule has 7 nitrogen and oxygen atoms in total. The first kappa shape index (κ1) is 16.3. The van der Waals surface area contributed by atoms with Gasteiger partial charge >= 0.3 is 5.69 Å². The van der Waals surface area contributed by atoms with Gasteiger partial charge in [0.1, 0.15) is 11.5 Å². The number of ether oxygens (including phenoxy) is 1. The molecule has 1 rings (SSSR count). The Morgan fingerprint density at radius 3 is 2.50 bits per heavy atom. The highest BCUT2D eigenvalue weighted by Crippen LogP contribution is 2.13. The van der Waals surface area contributed by atoms with Gasteiger partial charge in [-0.05, 0) is 12.8 Å². The van der Waals surface area contributed by atoms with Crippen LogP contribution in [0.2, 0.25) is 0 Å². The molecule has 3 N–H and O–H groups in total. The molecule has 0 aromatic carbocycles. The smallest absolute Gasteiger partial charge is 0.332 e. The van der Waals surface area contributed by atoms with Crippen LogP contribution in [0.1, 0.15) is 26.7 Å². The summed E-state index contributed by atoms with van der Waals surface area (Å²) in [5.41, 5.74) is 5.46. The largest absolute Gasteiger partial charge is 0.383 e. The van der Waals surface area contributed by atoms with Crippen molar-refractivity contribution in [2.75, 3.05) is 24.8 Å². The first-order valence-electron chi connectivity index (χ1n) is 6.82. The maximum absolute atomic E-state index is 12.2. The highest BCUT2D eigenvalue weighted by molar-refractivity contribution is 5.61. The monoisotopic (exact) mass is 284 g/mol. The van der Waals surface area contributed by atoms with Gasteiger partial charge in [0.25, 0.3) is 5.56 Å². The average Bonchev–Trinajstić information content (AvgIpc) is 2.44. The summed E-state index contributed by atoms with van der Waals surface area (Å²) >= 11 is 0. The number of nitrogens with two attached hydrogens (primary N) is 1. The van der Waals surface area contributed by atoms with Crippen molar-refractivity contribution in [1.29, 1.82) is 0 Å². The number of hydrogen-bond acceptors (Lipinski definition) is 5. The van der Waals surface area contributed by atoms with Crippen molar-refractivity contribution in [2.24, 2.45) is 7.05 Å². The highest BCUT2D eigenvalue weighted by atomic mass is 16.5. The molecule has 1 atom stereocenters. The summed E-state index contributed by atoms with van der Waals surface area (Å²) in [6, 6.07) is -0.0254. The van der Waals surface area contributed by atoms with Gasteiger partial charge < -0.3 is 15.8 Å². The molecule has 1 unspecified atom stereocenters. The number of anilines is 2. The van der Waals surface area contributed by atoms with Crippen LogP contribution in [0.25, 0.3) is 0 Å². The van der Waals surface area contributed by atoms with Crippen LogP contribution >= 0.6 is 0 Å². The second kappa shape index (κ2) is 7.14. The molecule has 0 saturated heterocycles. The first-order chi connectivity index (χ1) is 9.47. The Bertz CT molecular complexity index is 562. The Kier molecular flexibility index (Phi) is 5.82. The van der Waals surface area contributed by atoms with E-state index >= 15 is 0 Å². The lowest BCUT2D eigenvalue weighted by Crippen LogP contribution is -2.42. The van der Waals surface area contributed by atoms with Gasteiger partial charge in [-0.1, -0.05) is 13.8 Å². The van der Waals surface area contributed by atoms with Crippen LogP contribution in [-0.4, -0.2) is 28.9 Å². The van der Waals surface area contributed by atoms with E-state index in [1.165, 1.54) is 11.6 Å². The summed E-state index contributed by atoms with van der Waals surface area (Å²) in [4.78, 5) is 24.2. The number of nitrogens with zero attached hydrogens (tertiary/aromatic N) is 2. The quantitative estimate of drug-likeness (QED) is 0.755. The number of methoxy groups -OCH3 is 1. The number of rotatable bonds is 7. The summed E-state index contributed by atoms with van der Waals surface area (Å²) in [6.07, 6.45) is 1.54. The molecular formula is C13H24N4O3. The van der Waals surface area contributed by atoms with Crippen LogP contribution in [0.15, 0.2) is 9.59 Å². The third kappa shape index (κ3) is 3.22. The van der Waals surface area contributed by atoms with E-state index in [0.717, 1.165) is 17.4 Å². The molecule has 1 aromatic rings. The Morgan fingerprint density at radius 1 is 1.35 bits per heavy atom. The van der Waals surface area contributed by atoms with Gasteiger partial charge in [0.2, 0.25) is 0 Å².